The molecule has 10 aromatic rings. The van der Waals surface area contributed by atoms with Gasteiger partial charge in [0.2, 0.25) is 0 Å². The van der Waals surface area contributed by atoms with Gasteiger partial charge in [0.05, 0.1) is 37.3 Å². The van der Waals surface area contributed by atoms with E-state index in [4.69, 9.17) is 28.7 Å². The van der Waals surface area contributed by atoms with E-state index in [0.29, 0.717) is 11.1 Å². The third-order valence-electron chi connectivity index (χ3n) is 8.38. The van der Waals surface area contributed by atoms with Crippen molar-refractivity contribution in [3.05, 3.63) is 169 Å². The van der Waals surface area contributed by atoms with Crippen LogP contribution in [0.15, 0.2) is 169 Å². The zero-order chi connectivity index (χ0) is 46.1. The van der Waals surface area contributed by atoms with Crippen molar-refractivity contribution in [2.24, 2.45) is 0 Å². The molecule has 0 aliphatic rings. The molecule has 0 saturated heterocycles. The first-order chi connectivity index (χ1) is 31.0. The van der Waals surface area contributed by atoms with Crippen molar-refractivity contribution < 1.29 is 20.6 Å². The molecule has 0 fully saturated rings. The van der Waals surface area contributed by atoms with Crippen molar-refractivity contribution in [2.75, 3.05) is 0 Å². The zero-order valence-corrected chi connectivity index (χ0v) is 26.5. The minimum absolute atomic E-state index is 0.00183. The molecule has 5 heteroatoms. The SMILES string of the molecule is [2H]c1c([2H])c([2H])c2c(sc3c([2H])c(-c4ccc(-n5c6c([2H])c([2H])c([2H])c([2H])c6c6c([2H])c([2H])c([2H])c([2H])c65)c(-c5nc(-c6ccccc6)nc(-c6ccccc6)n5)c4)c([2H])c([2H])c32)c1[2H]. The average Bonchev–Trinajstić information content (AvgIpc) is 3.91. The summed E-state index contributed by atoms with van der Waals surface area (Å²) in [5.41, 5.74) is 1.28. The number of rotatable bonds is 5. The fourth-order valence-electron chi connectivity index (χ4n) is 6.10. The second-order valence-electron chi connectivity index (χ2n) is 11.3. The van der Waals surface area contributed by atoms with Gasteiger partial charge in [0, 0.05) is 47.6 Å². The molecule has 3 aromatic heterocycles. The summed E-state index contributed by atoms with van der Waals surface area (Å²) in [6.45, 7) is 0. The minimum atomic E-state index is -0.614. The van der Waals surface area contributed by atoms with Gasteiger partial charge in [0.15, 0.2) is 17.5 Å². The minimum Gasteiger partial charge on any atom is -0.309 e. The molecule has 7 aromatic carbocycles. The third-order valence-corrected chi connectivity index (χ3v) is 9.40. The van der Waals surface area contributed by atoms with E-state index < -0.39 is 66.5 Å². The molecule has 0 saturated carbocycles. The van der Waals surface area contributed by atoms with Crippen molar-refractivity contribution in [1.82, 2.24) is 19.5 Å². The van der Waals surface area contributed by atoms with Gasteiger partial charge in [-0.1, -0.05) is 133 Å². The van der Waals surface area contributed by atoms with E-state index in [0.717, 1.165) is 11.3 Å². The molecule has 0 atom stereocenters. The summed E-state index contributed by atoms with van der Waals surface area (Å²) in [6.07, 6.45) is 0. The molecular weight excluding hydrogens is 629 g/mol. The Bertz CT molecular complexity index is 3590. The van der Waals surface area contributed by atoms with Gasteiger partial charge in [-0.2, -0.15) is 0 Å². The van der Waals surface area contributed by atoms with Crippen molar-refractivity contribution in [2.45, 2.75) is 0 Å². The summed E-state index contributed by atoms with van der Waals surface area (Å²) in [7, 11) is 0. The Morgan fingerprint density at radius 2 is 1.02 bits per heavy atom. The number of aromatic nitrogens is 4. The lowest BCUT2D eigenvalue weighted by molar-refractivity contribution is 1.06. The maximum Gasteiger partial charge on any atom is 0.166 e. The Morgan fingerprint density at radius 1 is 0.460 bits per heavy atom. The van der Waals surface area contributed by atoms with Crippen LogP contribution in [0.4, 0.5) is 0 Å². The van der Waals surface area contributed by atoms with Gasteiger partial charge in [0.1, 0.15) is 0 Å². The highest BCUT2D eigenvalue weighted by Gasteiger charge is 2.20. The molecule has 0 spiro atoms. The number of para-hydroxylation sites is 2. The normalized spacial score (nSPS) is 15.8. The number of fused-ring (bicyclic) bond motifs is 6. The van der Waals surface area contributed by atoms with Gasteiger partial charge in [-0.05, 0) is 47.4 Å². The van der Waals surface area contributed by atoms with Gasteiger partial charge in [-0.15, -0.1) is 11.3 Å². The Labute approximate surface area is 313 Å². The second kappa shape index (κ2) is 11.6. The third kappa shape index (κ3) is 4.71. The van der Waals surface area contributed by atoms with Crippen molar-refractivity contribution in [1.29, 1.82) is 0 Å². The molecule has 4 nitrogen and oxygen atoms in total. The van der Waals surface area contributed by atoms with Crippen molar-refractivity contribution in [3.8, 4) is 51.0 Å². The molecule has 0 amide bonds. The van der Waals surface area contributed by atoms with Crippen LogP contribution in [0.2, 0.25) is 0 Å². The van der Waals surface area contributed by atoms with Crippen LogP contribution >= 0.6 is 11.3 Å². The first-order valence-electron chi connectivity index (χ1n) is 23.0. The number of nitrogens with zero attached hydrogens (tertiary/aromatic N) is 4. The first-order valence-corrected chi connectivity index (χ1v) is 16.3. The van der Waals surface area contributed by atoms with E-state index in [2.05, 4.69) is 0 Å². The fraction of sp³-hybridized carbons (Fsp3) is 0. The maximum atomic E-state index is 9.54. The molecule has 0 N–H and O–H groups in total. The molecule has 0 radical (unpaired) electrons. The highest BCUT2D eigenvalue weighted by atomic mass is 32.1. The van der Waals surface area contributed by atoms with E-state index in [9.17, 15) is 6.85 Å². The molecule has 0 bridgehead atoms. The van der Waals surface area contributed by atoms with Gasteiger partial charge in [-0.25, -0.2) is 15.0 Å². The second-order valence-corrected chi connectivity index (χ2v) is 12.3. The van der Waals surface area contributed by atoms with Crippen LogP contribution in [0.3, 0.4) is 0 Å². The maximum absolute atomic E-state index is 9.54. The smallest absolute Gasteiger partial charge is 0.166 e. The summed E-state index contributed by atoms with van der Waals surface area (Å²) < 4.78 is 135. The average molecular weight is 672 g/mol. The van der Waals surface area contributed by atoms with Gasteiger partial charge < -0.3 is 4.57 Å². The molecule has 0 aliphatic carbocycles. The molecule has 10 rings (SSSR count). The summed E-state index contributed by atoms with van der Waals surface area (Å²) in [5, 5.41) is -0.218. The Morgan fingerprint density at radius 3 is 1.68 bits per heavy atom. The lowest BCUT2D eigenvalue weighted by Gasteiger charge is -2.16. The summed E-state index contributed by atoms with van der Waals surface area (Å²) in [6, 6.07) is 15.4. The number of hydrogen-bond donors (Lipinski definition) is 0. The Hall–Kier alpha value is -6.43. The van der Waals surface area contributed by atoms with Gasteiger partial charge in [-0.3, -0.25) is 0 Å². The van der Waals surface area contributed by atoms with E-state index >= 15 is 0 Å². The van der Waals surface area contributed by atoms with Crippen LogP contribution in [-0.2, 0) is 0 Å². The number of thiophene rings is 1. The van der Waals surface area contributed by atoms with Crippen LogP contribution < -0.4 is 0 Å². The summed E-state index contributed by atoms with van der Waals surface area (Å²) in [4.78, 5) is 14.7. The monoisotopic (exact) mass is 671 g/mol. The van der Waals surface area contributed by atoms with Crippen LogP contribution in [-0.4, -0.2) is 19.5 Å². The Kier molecular flexibility index (Phi) is 4.02. The lowest BCUT2D eigenvalue weighted by Crippen LogP contribution is -2.04. The van der Waals surface area contributed by atoms with Crippen LogP contribution in [0.5, 0.6) is 0 Å². The van der Waals surface area contributed by atoms with Crippen LogP contribution in [0.1, 0.15) is 20.6 Å². The quantitative estimate of drug-likeness (QED) is 0.183. The summed E-state index contributed by atoms with van der Waals surface area (Å²) in [5.74, 6) is 0.473. The zero-order valence-electron chi connectivity index (χ0n) is 40.7. The van der Waals surface area contributed by atoms with E-state index in [1.165, 1.54) is 16.7 Å². The molecular formula is C45H28N4S. The molecule has 234 valence electrons. The van der Waals surface area contributed by atoms with E-state index in [1.807, 2.05) is 36.4 Å². The molecule has 50 heavy (non-hydrogen) atoms. The number of hydrogen-bond acceptors (Lipinski definition) is 4. The Balaban J connectivity index is 1.38. The lowest BCUT2D eigenvalue weighted by atomic mass is 9.99. The highest BCUT2D eigenvalue weighted by molar-refractivity contribution is 7.25. The molecule has 0 unspecified atom stereocenters. The largest absolute Gasteiger partial charge is 0.309 e. The molecule has 3 heterocycles. The first kappa shape index (κ1) is 17.3. The molecule has 0 aliphatic heterocycles. The van der Waals surface area contributed by atoms with Gasteiger partial charge >= 0.3 is 0 Å². The van der Waals surface area contributed by atoms with Gasteiger partial charge in [0.25, 0.3) is 0 Å². The topological polar surface area (TPSA) is 43.6 Å². The fourth-order valence-corrected chi connectivity index (χ4v) is 7.07. The van der Waals surface area contributed by atoms with E-state index in [-0.39, 0.29) is 106 Å². The highest BCUT2D eigenvalue weighted by Crippen LogP contribution is 2.40. The number of benzene rings is 7. The standard InChI is InChI=1S/C45H28N4S/c1-3-13-29(14-4-1)43-46-44(30-15-5-2-6-16-30)48-45(47-43)37-27-31(32-23-25-36-35-19-9-12-22-41(35)50-42(36)28-32)24-26-40(37)49-38-20-10-7-17-33(38)34-18-8-11-21-39(34)49/h1-28H/i7D,8D,9D,10D,11D,12D,17D,18D,19D,20D,21D,22D,23D,25D,28D. The summed E-state index contributed by atoms with van der Waals surface area (Å²) >= 11 is 0.916. The predicted octanol–water partition coefficient (Wildman–Crippen LogP) is 12.0. The van der Waals surface area contributed by atoms with Crippen LogP contribution in [0.25, 0.3) is 93.0 Å². The van der Waals surface area contributed by atoms with Crippen LogP contribution in [0, 0.1) is 0 Å². The van der Waals surface area contributed by atoms with Crippen molar-refractivity contribution in [3.63, 3.8) is 0 Å². The van der Waals surface area contributed by atoms with Crippen molar-refractivity contribution >= 4 is 53.3 Å². The predicted molar refractivity (Wildman–Crippen MR) is 209 cm³/mol. The van der Waals surface area contributed by atoms with E-state index in [1.54, 1.807) is 30.3 Å².